The van der Waals surface area contributed by atoms with E-state index in [0.717, 1.165) is 28.9 Å². The van der Waals surface area contributed by atoms with Crippen molar-refractivity contribution in [2.45, 2.75) is 32.2 Å². The van der Waals surface area contributed by atoms with Gasteiger partial charge in [-0.25, -0.2) is 4.98 Å². The molecule has 5 heteroatoms. The maximum absolute atomic E-state index is 12.6. The molecule has 4 nitrogen and oxygen atoms in total. The zero-order valence-corrected chi connectivity index (χ0v) is 12.5. The van der Waals surface area contributed by atoms with Crippen LogP contribution >= 0.6 is 11.3 Å². The molecule has 1 aliphatic carbocycles. The van der Waals surface area contributed by atoms with Gasteiger partial charge in [0, 0.05) is 11.9 Å². The van der Waals surface area contributed by atoms with Gasteiger partial charge >= 0.3 is 0 Å². The Morgan fingerprint density at radius 2 is 2.05 bits per heavy atom. The van der Waals surface area contributed by atoms with Gasteiger partial charge in [0.1, 0.15) is 10.7 Å². The lowest BCUT2D eigenvalue weighted by Gasteiger charge is -2.13. The number of aryl methyl sites for hydroxylation is 2. The smallest absolute Gasteiger partial charge is 0.262 e. The van der Waals surface area contributed by atoms with Gasteiger partial charge in [-0.2, -0.15) is 0 Å². The Bertz CT molecular complexity index is 684. The highest BCUT2D eigenvalue weighted by molar-refractivity contribution is 7.18. The van der Waals surface area contributed by atoms with Crippen LogP contribution in [0.3, 0.4) is 0 Å². The van der Waals surface area contributed by atoms with E-state index < -0.39 is 0 Å². The highest BCUT2D eigenvalue weighted by Crippen LogP contribution is 2.33. The van der Waals surface area contributed by atoms with Crippen molar-refractivity contribution in [1.82, 2.24) is 14.5 Å². The number of hydrogen-bond donors (Lipinski definition) is 0. The first-order chi connectivity index (χ1) is 9.08. The van der Waals surface area contributed by atoms with Crippen molar-refractivity contribution in [3.05, 3.63) is 26.6 Å². The topological polar surface area (TPSA) is 38.1 Å². The SMILES string of the molecule is CN(C)Cc1nc2sc3c(c2c(=O)n1C)CCCC3. The molecule has 2 heterocycles. The molecule has 0 saturated heterocycles. The molecule has 2 aromatic heterocycles. The molecule has 0 spiro atoms. The van der Waals surface area contributed by atoms with E-state index in [1.165, 1.54) is 23.3 Å². The quantitative estimate of drug-likeness (QED) is 0.842. The Morgan fingerprint density at radius 3 is 2.79 bits per heavy atom. The van der Waals surface area contributed by atoms with Gasteiger partial charge in [0.25, 0.3) is 5.56 Å². The van der Waals surface area contributed by atoms with Gasteiger partial charge < -0.3 is 4.90 Å². The minimum absolute atomic E-state index is 0.126. The van der Waals surface area contributed by atoms with Crippen molar-refractivity contribution in [3.8, 4) is 0 Å². The van der Waals surface area contributed by atoms with Crippen LogP contribution in [-0.2, 0) is 26.4 Å². The number of nitrogens with zero attached hydrogens (tertiary/aromatic N) is 3. The average molecular weight is 277 g/mol. The van der Waals surface area contributed by atoms with Gasteiger partial charge in [0.2, 0.25) is 0 Å². The fraction of sp³-hybridized carbons (Fsp3) is 0.571. The zero-order chi connectivity index (χ0) is 13.6. The van der Waals surface area contributed by atoms with Crippen LogP contribution < -0.4 is 5.56 Å². The van der Waals surface area contributed by atoms with Crippen LogP contribution in [0.15, 0.2) is 4.79 Å². The first kappa shape index (κ1) is 12.8. The zero-order valence-electron chi connectivity index (χ0n) is 11.7. The standard InChI is InChI=1S/C14H19N3OS/c1-16(2)8-11-15-13-12(14(18)17(11)3)9-6-4-5-7-10(9)19-13/h4-8H2,1-3H3. The van der Waals surface area contributed by atoms with Gasteiger partial charge in [0.05, 0.1) is 11.9 Å². The summed E-state index contributed by atoms with van der Waals surface area (Å²) in [5.74, 6) is 0.848. The highest BCUT2D eigenvalue weighted by Gasteiger charge is 2.21. The predicted molar refractivity (Wildman–Crippen MR) is 78.9 cm³/mol. The highest BCUT2D eigenvalue weighted by atomic mass is 32.1. The van der Waals surface area contributed by atoms with Gasteiger partial charge in [-0.3, -0.25) is 9.36 Å². The number of rotatable bonds is 2. The van der Waals surface area contributed by atoms with E-state index in [1.54, 1.807) is 15.9 Å². The van der Waals surface area contributed by atoms with Gasteiger partial charge in [-0.15, -0.1) is 11.3 Å². The number of thiophene rings is 1. The molecule has 0 unspecified atom stereocenters. The third-order valence-corrected chi connectivity index (χ3v) is 4.93. The average Bonchev–Trinajstić information content (AvgIpc) is 2.73. The van der Waals surface area contributed by atoms with Crippen LogP contribution in [0.25, 0.3) is 10.2 Å². The summed E-state index contributed by atoms with van der Waals surface area (Å²) in [5.41, 5.74) is 1.40. The summed E-state index contributed by atoms with van der Waals surface area (Å²) in [5, 5.41) is 0.879. The van der Waals surface area contributed by atoms with Crippen molar-refractivity contribution in [2.75, 3.05) is 14.1 Å². The van der Waals surface area contributed by atoms with E-state index in [4.69, 9.17) is 4.98 Å². The summed E-state index contributed by atoms with van der Waals surface area (Å²) in [6.07, 6.45) is 4.59. The second kappa shape index (κ2) is 4.72. The molecule has 0 amide bonds. The van der Waals surface area contributed by atoms with E-state index >= 15 is 0 Å². The summed E-state index contributed by atoms with van der Waals surface area (Å²) in [7, 11) is 5.83. The first-order valence-corrected chi connectivity index (χ1v) is 7.54. The predicted octanol–water partition coefficient (Wildman–Crippen LogP) is 1.94. The molecule has 102 valence electrons. The fourth-order valence-electron chi connectivity index (χ4n) is 2.75. The van der Waals surface area contributed by atoms with Crippen molar-refractivity contribution < 1.29 is 0 Å². The molecule has 3 rings (SSSR count). The second-order valence-corrected chi connectivity index (χ2v) is 6.60. The van der Waals surface area contributed by atoms with Crippen molar-refractivity contribution in [2.24, 2.45) is 7.05 Å². The van der Waals surface area contributed by atoms with Crippen molar-refractivity contribution >= 4 is 21.6 Å². The minimum atomic E-state index is 0.126. The molecule has 0 radical (unpaired) electrons. The number of aromatic nitrogens is 2. The Balaban J connectivity index is 2.25. The third kappa shape index (κ3) is 2.11. The lowest BCUT2D eigenvalue weighted by molar-refractivity contribution is 0.382. The molecular formula is C14H19N3OS. The van der Waals surface area contributed by atoms with Crippen LogP contribution in [0, 0.1) is 0 Å². The molecule has 0 saturated carbocycles. The number of fused-ring (bicyclic) bond motifs is 3. The molecule has 1 aliphatic rings. The van der Waals surface area contributed by atoms with E-state index in [1.807, 2.05) is 26.0 Å². The van der Waals surface area contributed by atoms with Crippen LogP contribution in [0.5, 0.6) is 0 Å². The Morgan fingerprint density at radius 1 is 1.32 bits per heavy atom. The Hall–Kier alpha value is -1.20. The first-order valence-electron chi connectivity index (χ1n) is 6.73. The molecule has 0 bridgehead atoms. The monoisotopic (exact) mass is 277 g/mol. The molecular weight excluding hydrogens is 258 g/mol. The lowest BCUT2D eigenvalue weighted by Crippen LogP contribution is -2.26. The van der Waals surface area contributed by atoms with Gasteiger partial charge in [-0.05, 0) is 45.3 Å². The summed E-state index contributed by atoms with van der Waals surface area (Å²) >= 11 is 1.72. The molecule has 2 aromatic rings. The second-order valence-electron chi connectivity index (χ2n) is 5.52. The fourth-order valence-corrected chi connectivity index (χ4v) is 4.02. The maximum atomic E-state index is 12.6. The number of hydrogen-bond acceptors (Lipinski definition) is 4. The van der Waals surface area contributed by atoms with E-state index in [-0.39, 0.29) is 5.56 Å². The molecule has 19 heavy (non-hydrogen) atoms. The van der Waals surface area contributed by atoms with Crippen LogP contribution in [0.4, 0.5) is 0 Å². The Kier molecular flexibility index (Phi) is 3.19. The third-order valence-electron chi connectivity index (χ3n) is 3.75. The summed E-state index contributed by atoms with van der Waals surface area (Å²) in [4.78, 5) is 21.7. The van der Waals surface area contributed by atoms with E-state index in [0.29, 0.717) is 6.54 Å². The molecule has 0 atom stereocenters. The van der Waals surface area contributed by atoms with Gasteiger partial charge in [0.15, 0.2) is 0 Å². The van der Waals surface area contributed by atoms with Crippen LogP contribution in [0.2, 0.25) is 0 Å². The van der Waals surface area contributed by atoms with Crippen molar-refractivity contribution in [3.63, 3.8) is 0 Å². The van der Waals surface area contributed by atoms with Crippen LogP contribution in [-0.4, -0.2) is 28.5 Å². The summed E-state index contributed by atoms with van der Waals surface area (Å²) in [6.45, 7) is 0.699. The lowest BCUT2D eigenvalue weighted by atomic mass is 9.97. The summed E-state index contributed by atoms with van der Waals surface area (Å²) in [6, 6.07) is 0. The molecule has 0 N–H and O–H groups in total. The largest absolute Gasteiger partial charge is 0.302 e. The molecule has 0 fully saturated rings. The minimum Gasteiger partial charge on any atom is -0.302 e. The maximum Gasteiger partial charge on any atom is 0.262 e. The molecule has 0 aromatic carbocycles. The van der Waals surface area contributed by atoms with E-state index in [2.05, 4.69) is 0 Å². The normalized spacial score (nSPS) is 15.2. The van der Waals surface area contributed by atoms with Crippen LogP contribution in [0.1, 0.15) is 29.1 Å². The van der Waals surface area contributed by atoms with Crippen molar-refractivity contribution in [1.29, 1.82) is 0 Å². The Labute approximate surface area is 116 Å². The molecule has 0 aliphatic heterocycles. The summed E-state index contributed by atoms with van der Waals surface area (Å²) < 4.78 is 1.71. The van der Waals surface area contributed by atoms with Gasteiger partial charge in [-0.1, -0.05) is 0 Å². The van der Waals surface area contributed by atoms with E-state index in [9.17, 15) is 4.79 Å².